The quantitative estimate of drug-likeness (QED) is 0.282. The van der Waals surface area contributed by atoms with Crippen LogP contribution in [0.3, 0.4) is 0 Å². The molecule has 0 aliphatic carbocycles. The molecule has 0 atom stereocenters. The minimum absolute atomic E-state index is 0. The van der Waals surface area contributed by atoms with Crippen molar-refractivity contribution in [1.82, 2.24) is 15.5 Å². The van der Waals surface area contributed by atoms with Crippen LogP contribution in [0.5, 0.6) is 0 Å². The number of furan rings is 1. The summed E-state index contributed by atoms with van der Waals surface area (Å²) in [4.78, 5) is 18.8. The Bertz CT molecular complexity index is 943. The second-order valence-corrected chi connectivity index (χ2v) is 6.70. The van der Waals surface area contributed by atoms with Crippen LogP contribution >= 0.6 is 24.0 Å². The standard InChI is InChI=1S/C23H26N4O2.HI/c1-24-23(27(2)17-18-8-4-3-5-9-18)26-15-19-10-6-11-20(14-19)22(28)25-16-21-12-7-13-29-21;/h3-14H,15-17H2,1-2H3,(H,24,26)(H,25,28);1H. The Kier molecular flexibility index (Phi) is 9.40. The number of carbonyl (C=O) groups is 1. The lowest BCUT2D eigenvalue weighted by atomic mass is 10.1. The van der Waals surface area contributed by atoms with E-state index >= 15 is 0 Å². The van der Waals surface area contributed by atoms with Crippen molar-refractivity contribution in [3.8, 4) is 0 Å². The van der Waals surface area contributed by atoms with Crippen LogP contribution in [0.2, 0.25) is 0 Å². The van der Waals surface area contributed by atoms with E-state index in [-0.39, 0.29) is 29.9 Å². The van der Waals surface area contributed by atoms with E-state index in [0.717, 1.165) is 23.8 Å². The number of nitrogens with zero attached hydrogens (tertiary/aromatic N) is 2. The fraction of sp³-hybridized carbons (Fsp3) is 0.217. The Hall–Kier alpha value is -2.81. The number of carbonyl (C=O) groups excluding carboxylic acids is 1. The van der Waals surface area contributed by atoms with Crippen molar-refractivity contribution in [2.24, 2.45) is 4.99 Å². The highest BCUT2D eigenvalue weighted by Crippen LogP contribution is 2.08. The third-order valence-corrected chi connectivity index (χ3v) is 4.48. The lowest BCUT2D eigenvalue weighted by Gasteiger charge is -2.22. The molecule has 0 spiro atoms. The van der Waals surface area contributed by atoms with Crippen LogP contribution in [0, 0.1) is 0 Å². The molecule has 6 nitrogen and oxygen atoms in total. The highest BCUT2D eigenvalue weighted by Gasteiger charge is 2.09. The lowest BCUT2D eigenvalue weighted by Crippen LogP contribution is -2.38. The van der Waals surface area contributed by atoms with Crippen LogP contribution in [0.25, 0.3) is 0 Å². The van der Waals surface area contributed by atoms with Gasteiger partial charge in [-0.25, -0.2) is 0 Å². The summed E-state index contributed by atoms with van der Waals surface area (Å²) < 4.78 is 5.24. The molecule has 3 aromatic rings. The zero-order valence-corrected chi connectivity index (χ0v) is 19.5. The van der Waals surface area contributed by atoms with E-state index in [0.29, 0.717) is 18.7 Å². The average Bonchev–Trinajstić information content (AvgIpc) is 3.27. The minimum Gasteiger partial charge on any atom is -0.467 e. The van der Waals surface area contributed by atoms with Gasteiger partial charge < -0.3 is 20.0 Å². The predicted molar refractivity (Wildman–Crippen MR) is 130 cm³/mol. The molecule has 0 bridgehead atoms. The summed E-state index contributed by atoms with van der Waals surface area (Å²) in [5.41, 5.74) is 2.83. The van der Waals surface area contributed by atoms with Gasteiger partial charge in [0.2, 0.25) is 0 Å². The van der Waals surface area contributed by atoms with Crippen LogP contribution in [-0.2, 0) is 19.6 Å². The molecule has 1 amide bonds. The first-order valence-electron chi connectivity index (χ1n) is 9.51. The van der Waals surface area contributed by atoms with E-state index in [2.05, 4.69) is 32.7 Å². The summed E-state index contributed by atoms with van der Waals surface area (Å²) >= 11 is 0. The maximum Gasteiger partial charge on any atom is 0.251 e. The third-order valence-electron chi connectivity index (χ3n) is 4.48. The Morgan fingerprint density at radius 2 is 1.73 bits per heavy atom. The van der Waals surface area contributed by atoms with Gasteiger partial charge >= 0.3 is 0 Å². The van der Waals surface area contributed by atoms with Crippen molar-refractivity contribution in [2.45, 2.75) is 19.6 Å². The SMILES string of the molecule is CN=C(NCc1cccc(C(=O)NCc2ccco2)c1)N(C)Cc1ccccc1.I. The van der Waals surface area contributed by atoms with Crippen LogP contribution in [-0.4, -0.2) is 30.9 Å². The van der Waals surface area contributed by atoms with Gasteiger partial charge in [-0.05, 0) is 35.4 Å². The molecule has 1 heterocycles. The van der Waals surface area contributed by atoms with Gasteiger partial charge in [0.25, 0.3) is 5.91 Å². The van der Waals surface area contributed by atoms with Gasteiger partial charge in [0.15, 0.2) is 5.96 Å². The summed E-state index contributed by atoms with van der Waals surface area (Å²) in [6.07, 6.45) is 1.59. The molecule has 7 heteroatoms. The Morgan fingerprint density at radius 1 is 0.967 bits per heavy atom. The summed E-state index contributed by atoms with van der Waals surface area (Å²) in [6, 6.07) is 21.4. The highest BCUT2D eigenvalue weighted by atomic mass is 127. The third kappa shape index (κ3) is 6.91. The van der Waals surface area contributed by atoms with Crippen LogP contribution in [0.1, 0.15) is 27.2 Å². The van der Waals surface area contributed by atoms with Crippen LogP contribution in [0.4, 0.5) is 0 Å². The molecule has 30 heavy (non-hydrogen) atoms. The molecule has 0 fully saturated rings. The second-order valence-electron chi connectivity index (χ2n) is 6.70. The number of halogens is 1. The first kappa shape index (κ1) is 23.5. The summed E-state index contributed by atoms with van der Waals surface area (Å²) in [5.74, 6) is 1.39. The van der Waals surface area contributed by atoms with Crippen molar-refractivity contribution >= 4 is 35.8 Å². The molecule has 158 valence electrons. The van der Waals surface area contributed by atoms with E-state index in [9.17, 15) is 4.79 Å². The molecule has 0 saturated heterocycles. The fourth-order valence-electron chi connectivity index (χ4n) is 3.00. The number of nitrogens with one attached hydrogen (secondary N) is 2. The smallest absolute Gasteiger partial charge is 0.251 e. The number of benzene rings is 2. The lowest BCUT2D eigenvalue weighted by molar-refractivity contribution is 0.0948. The number of hydrogen-bond donors (Lipinski definition) is 2. The topological polar surface area (TPSA) is 69.9 Å². The molecule has 0 aliphatic rings. The van der Waals surface area contributed by atoms with E-state index in [1.54, 1.807) is 25.4 Å². The highest BCUT2D eigenvalue weighted by molar-refractivity contribution is 14.0. The van der Waals surface area contributed by atoms with Crippen molar-refractivity contribution in [3.05, 3.63) is 95.4 Å². The molecular weight excluding hydrogens is 491 g/mol. The van der Waals surface area contributed by atoms with Crippen LogP contribution < -0.4 is 10.6 Å². The zero-order valence-electron chi connectivity index (χ0n) is 17.2. The van der Waals surface area contributed by atoms with E-state index < -0.39 is 0 Å². The summed E-state index contributed by atoms with van der Waals surface area (Å²) in [6.45, 7) is 1.70. The molecule has 0 aliphatic heterocycles. The van der Waals surface area contributed by atoms with Gasteiger partial charge in [0.1, 0.15) is 5.76 Å². The van der Waals surface area contributed by atoms with Gasteiger partial charge in [-0.3, -0.25) is 9.79 Å². The van der Waals surface area contributed by atoms with Crippen LogP contribution in [0.15, 0.2) is 82.4 Å². The number of hydrogen-bond acceptors (Lipinski definition) is 3. The molecule has 0 radical (unpaired) electrons. The predicted octanol–water partition coefficient (Wildman–Crippen LogP) is 4.04. The first-order valence-corrected chi connectivity index (χ1v) is 9.51. The minimum atomic E-state index is -0.131. The van der Waals surface area contributed by atoms with Gasteiger partial charge in [-0.15, -0.1) is 24.0 Å². The monoisotopic (exact) mass is 518 g/mol. The molecular formula is C23H27IN4O2. The zero-order chi connectivity index (χ0) is 20.5. The normalized spacial score (nSPS) is 10.8. The number of aliphatic imine (C=N–C) groups is 1. The van der Waals surface area contributed by atoms with Gasteiger partial charge in [-0.1, -0.05) is 42.5 Å². The van der Waals surface area contributed by atoms with E-state index in [4.69, 9.17) is 4.42 Å². The second kappa shape index (κ2) is 12.0. The molecule has 2 aromatic carbocycles. The largest absolute Gasteiger partial charge is 0.467 e. The number of rotatable bonds is 7. The maximum absolute atomic E-state index is 12.4. The van der Waals surface area contributed by atoms with Crippen molar-refractivity contribution in [1.29, 1.82) is 0 Å². The number of amides is 1. The van der Waals surface area contributed by atoms with Gasteiger partial charge in [0.05, 0.1) is 12.8 Å². The average molecular weight is 518 g/mol. The first-order chi connectivity index (χ1) is 14.2. The van der Waals surface area contributed by atoms with E-state index in [1.165, 1.54) is 5.56 Å². The molecule has 3 rings (SSSR count). The Labute approximate surface area is 194 Å². The molecule has 1 aromatic heterocycles. The van der Waals surface area contributed by atoms with E-state index in [1.807, 2.05) is 49.5 Å². The number of guanidine groups is 1. The van der Waals surface area contributed by atoms with Gasteiger partial charge in [-0.2, -0.15) is 0 Å². The summed E-state index contributed by atoms with van der Waals surface area (Å²) in [7, 11) is 3.77. The van der Waals surface area contributed by atoms with Crippen molar-refractivity contribution in [3.63, 3.8) is 0 Å². The van der Waals surface area contributed by atoms with Gasteiger partial charge in [0, 0.05) is 32.7 Å². The van der Waals surface area contributed by atoms with Crippen molar-refractivity contribution in [2.75, 3.05) is 14.1 Å². The fourth-order valence-corrected chi connectivity index (χ4v) is 3.00. The molecule has 2 N–H and O–H groups in total. The molecule has 0 unspecified atom stereocenters. The Morgan fingerprint density at radius 3 is 2.43 bits per heavy atom. The maximum atomic E-state index is 12.4. The molecule has 0 saturated carbocycles. The summed E-state index contributed by atoms with van der Waals surface area (Å²) in [5, 5.41) is 6.22. The Balaban J connectivity index is 0.00000320. The van der Waals surface area contributed by atoms with Crippen molar-refractivity contribution < 1.29 is 9.21 Å².